The SMILES string of the molecule is CC(C)CCC[C@@H](C)[C@H]1CC[C@H]2[C@@H]3CC[C@H]4C[C@@H](Cl)C=C[C@]4(C)[C@H]3CC[C@]12C. The summed E-state index contributed by atoms with van der Waals surface area (Å²) < 4.78 is 0. The molecule has 0 spiro atoms. The Labute approximate surface area is 180 Å². The van der Waals surface area contributed by atoms with Gasteiger partial charge in [0.15, 0.2) is 0 Å². The summed E-state index contributed by atoms with van der Waals surface area (Å²) in [4.78, 5) is 0. The molecule has 0 N–H and O–H groups in total. The van der Waals surface area contributed by atoms with Crippen LogP contribution in [0.15, 0.2) is 12.2 Å². The van der Waals surface area contributed by atoms with Crippen LogP contribution in [0.1, 0.15) is 98.8 Å². The molecule has 0 aliphatic heterocycles. The van der Waals surface area contributed by atoms with Gasteiger partial charge in [-0.25, -0.2) is 0 Å². The minimum atomic E-state index is 0.283. The average Bonchev–Trinajstić information content (AvgIpc) is 2.99. The second-order valence-corrected chi connectivity index (χ2v) is 12.7. The van der Waals surface area contributed by atoms with Gasteiger partial charge in [0.1, 0.15) is 0 Å². The fourth-order valence-electron chi connectivity index (χ4n) is 8.79. The van der Waals surface area contributed by atoms with Crippen molar-refractivity contribution in [3.05, 3.63) is 12.2 Å². The van der Waals surface area contributed by atoms with Crippen LogP contribution in [0.4, 0.5) is 0 Å². The van der Waals surface area contributed by atoms with Crippen molar-refractivity contribution in [1.82, 2.24) is 0 Å². The van der Waals surface area contributed by atoms with E-state index in [1.807, 2.05) is 0 Å². The molecule has 0 heterocycles. The van der Waals surface area contributed by atoms with Gasteiger partial charge in [-0.05, 0) is 97.2 Å². The Morgan fingerprint density at radius 2 is 1.75 bits per heavy atom. The molecule has 0 aromatic heterocycles. The van der Waals surface area contributed by atoms with E-state index in [2.05, 4.69) is 46.8 Å². The predicted octanol–water partition coefficient (Wildman–Crippen LogP) is 8.49. The normalized spacial score (nSPS) is 48.8. The van der Waals surface area contributed by atoms with Crippen LogP contribution in [0.2, 0.25) is 0 Å². The van der Waals surface area contributed by atoms with Crippen LogP contribution in [-0.4, -0.2) is 5.38 Å². The molecule has 160 valence electrons. The van der Waals surface area contributed by atoms with Crippen molar-refractivity contribution in [2.75, 3.05) is 0 Å². The van der Waals surface area contributed by atoms with Gasteiger partial charge in [-0.15, -0.1) is 11.6 Å². The minimum Gasteiger partial charge on any atom is -0.118 e. The van der Waals surface area contributed by atoms with Crippen molar-refractivity contribution in [3.63, 3.8) is 0 Å². The van der Waals surface area contributed by atoms with Crippen molar-refractivity contribution in [2.45, 2.75) is 104 Å². The summed E-state index contributed by atoms with van der Waals surface area (Å²) in [5.41, 5.74) is 1.05. The molecule has 0 bridgehead atoms. The molecule has 0 aromatic carbocycles. The predicted molar refractivity (Wildman–Crippen MR) is 123 cm³/mol. The summed E-state index contributed by atoms with van der Waals surface area (Å²) in [5.74, 6) is 6.47. The molecule has 4 aliphatic rings. The number of halogens is 1. The van der Waals surface area contributed by atoms with E-state index >= 15 is 0 Å². The average molecular weight is 405 g/mol. The fourth-order valence-corrected chi connectivity index (χ4v) is 9.08. The number of fused-ring (bicyclic) bond motifs is 5. The molecule has 0 aromatic rings. The Bertz CT molecular complexity index is 579. The van der Waals surface area contributed by atoms with E-state index in [9.17, 15) is 0 Å². The van der Waals surface area contributed by atoms with Crippen LogP contribution in [-0.2, 0) is 0 Å². The maximum atomic E-state index is 6.51. The summed E-state index contributed by atoms with van der Waals surface area (Å²) in [6, 6.07) is 0. The molecule has 1 heteroatoms. The minimum absolute atomic E-state index is 0.283. The first-order valence-corrected chi connectivity index (χ1v) is 13.0. The first-order valence-electron chi connectivity index (χ1n) is 12.6. The molecule has 28 heavy (non-hydrogen) atoms. The lowest BCUT2D eigenvalue weighted by molar-refractivity contribution is -0.0843. The van der Waals surface area contributed by atoms with E-state index in [1.165, 1.54) is 64.2 Å². The highest BCUT2D eigenvalue weighted by atomic mass is 35.5. The largest absolute Gasteiger partial charge is 0.118 e. The molecular formula is C27H45Cl. The van der Waals surface area contributed by atoms with Gasteiger partial charge < -0.3 is 0 Å². The summed E-state index contributed by atoms with van der Waals surface area (Å²) >= 11 is 6.51. The number of hydrogen-bond acceptors (Lipinski definition) is 0. The quantitative estimate of drug-likeness (QED) is 0.318. The molecule has 4 rings (SSSR count). The molecule has 0 saturated heterocycles. The second kappa shape index (κ2) is 7.94. The van der Waals surface area contributed by atoms with Gasteiger partial charge in [0.25, 0.3) is 0 Å². The number of allylic oxidation sites excluding steroid dienone is 2. The summed E-state index contributed by atoms with van der Waals surface area (Å²) in [5, 5.41) is 0.283. The van der Waals surface area contributed by atoms with Gasteiger partial charge in [-0.2, -0.15) is 0 Å². The molecule has 0 unspecified atom stereocenters. The lowest BCUT2D eigenvalue weighted by Gasteiger charge is -2.59. The molecule has 3 fully saturated rings. The van der Waals surface area contributed by atoms with E-state index in [4.69, 9.17) is 11.6 Å². The third-order valence-electron chi connectivity index (χ3n) is 10.3. The molecule has 0 nitrogen and oxygen atoms in total. The highest BCUT2D eigenvalue weighted by molar-refractivity contribution is 6.21. The zero-order chi connectivity index (χ0) is 20.1. The molecule has 9 atom stereocenters. The Morgan fingerprint density at radius 3 is 2.50 bits per heavy atom. The van der Waals surface area contributed by atoms with Gasteiger partial charge in [0, 0.05) is 0 Å². The van der Waals surface area contributed by atoms with Crippen LogP contribution in [0.5, 0.6) is 0 Å². The molecule has 0 radical (unpaired) electrons. The smallest absolute Gasteiger partial charge is 0.0519 e. The van der Waals surface area contributed by atoms with E-state index in [-0.39, 0.29) is 5.38 Å². The van der Waals surface area contributed by atoms with Gasteiger partial charge >= 0.3 is 0 Å². The van der Waals surface area contributed by atoms with Crippen molar-refractivity contribution < 1.29 is 0 Å². The summed E-state index contributed by atoms with van der Waals surface area (Å²) in [6.07, 6.45) is 19.3. The van der Waals surface area contributed by atoms with Crippen LogP contribution < -0.4 is 0 Å². The lowest BCUT2D eigenvalue weighted by atomic mass is 9.45. The topological polar surface area (TPSA) is 0 Å². The monoisotopic (exact) mass is 404 g/mol. The van der Waals surface area contributed by atoms with Gasteiger partial charge in [-0.1, -0.05) is 66.0 Å². The number of alkyl halides is 1. The van der Waals surface area contributed by atoms with Crippen molar-refractivity contribution in [2.24, 2.45) is 52.3 Å². The molecular weight excluding hydrogens is 360 g/mol. The standard InChI is InChI=1S/C27H45Cl/c1-18(2)7-6-8-19(3)23-11-12-24-22-10-9-20-17-21(28)13-15-26(20,4)25(22)14-16-27(23,24)5/h13,15,18-25H,6-12,14,16-17H2,1-5H3/t19-,20+,21+,22+,23-,24+,25+,26+,27-/m1/s1. The van der Waals surface area contributed by atoms with E-state index < -0.39 is 0 Å². The van der Waals surface area contributed by atoms with Gasteiger partial charge in [0.2, 0.25) is 0 Å². The lowest BCUT2D eigenvalue weighted by Crippen LogP contribution is -2.52. The van der Waals surface area contributed by atoms with Crippen LogP contribution in [0.25, 0.3) is 0 Å². The first-order chi connectivity index (χ1) is 13.3. The Morgan fingerprint density at radius 1 is 0.964 bits per heavy atom. The fraction of sp³-hybridized carbons (Fsp3) is 0.926. The summed E-state index contributed by atoms with van der Waals surface area (Å²) in [6.45, 7) is 12.7. The van der Waals surface area contributed by atoms with E-state index in [0.29, 0.717) is 10.8 Å². The van der Waals surface area contributed by atoms with Crippen LogP contribution >= 0.6 is 11.6 Å². The third-order valence-corrected chi connectivity index (χ3v) is 10.7. The third kappa shape index (κ3) is 3.52. The van der Waals surface area contributed by atoms with Crippen molar-refractivity contribution in [1.29, 1.82) is 0 Å². The molecule has 0 amide bonds. The molecule has 4 aliphatic carbocycles. The highest BCUT2D eigenvalue weighted by Crippen LogP contribution is 2.67. The number of hydrogen-bond donors (Lipinski definition) is 0. The van der Waals surface area contributed by atoms with Crippen LogP contribution in [0.3, 0.4) is 0 Å². The zero-order valence-corrected chi connectivity index (χ0v) is 20.0. The van der Waals surface area contributed by atoms with Gasteiger partial charge in [0.05, 0.1) is 5.38 Å². The van der Waals surface area contributed by atoms with E-state index in [1.54, 1.807) is 0 Å². The van der Waals surface area contributed by atoms with E-state index in [0.717, 1.165) is 41.4 Å². The molecule has 3 saturated carbocycles. The van der Waals surface area contributed by atoms with Gasteiger partial charge in [-0.3, -0.25) is 0 Å². The van der Waals surface area contributed by atoms with Crippen molar-refractivity contribution in [3.8, 4) is 0 Å². The van der Waals surface area contributed by atoms with Crippen LogP contribution in [0, 0.1) is 52.3 Å². The highest BCUT2D eigenvalue weighted by Gasteiger charge is 2.59. The number of rotatable bonds is 5. The van der Waals surface area contributed by atoms with Crippen molar-refractivity contribution >= 4 is 11.6 Å². The Balaban J connectivity index is 1.48. The zero-order valence-electron chi connectivity index (χ0n) is 19.2. The maximum Gasteiger partial charge on any atom is 0.0519 e. The second-order valence-electron chi connectivity index (χ2n) is 12.2. The maximum absolute atomic E-state index is 6.51. The summed E-state index contributed by atoms with van der Waals surface area (Å²) in [7, 11) is 0. The first kappa shape index (κ1) is 21.3. The Hall–Kier alpha value is 0.0300. The Kier molecular flexibility index (Phi) is 6.03.